The number of hydrogen-bond acceptors (Lipinski definition) is 4. The summed E-state index contributed by atoms with van der Waals surface area (Å²) in [6.45, 7) is 3.98. The van der Waals surface area contributed by atoms with E-state index in [1.165, 1.54) is 16.8 Å². The van der Waals surface area contributed by atoms with Gasteiger partial charge in [0.1, 0.15) is 11.5 Å². The zero-order chi connectivity index (χ0) is 18.9. The first-order chi connectivity index (χ1) is 12.5. The molecule has 140 valence electrons. The van der Waals surface area contributed by atoms with Gasteiger partial charge < -0.3 is 5.32 Å². The molecule has 1 aromatic heterocycles. The molecule has 26 heavy (non-hydrogen) atoms. The average molecular weight is 397 g/mol. The number of allylic oxidation sites excluding steroid dienone is 6. The molecule has 1 atom stereocenters. The van der Waals surface area contributed by atoms with Crippen molar-refractivity contribution < 1.29 is 8.78 Å². The molecule has 0 saturated heterocycles. The third-order valence-corrected chi connectivity index (χ3v) is 4.93. The van der Waals surface area contributed by atoms with Crippen LogP contribution in [0.3, 0.4) is 0 Å². The molecule has 0 radical (unpaired) electrons. The predicted octanol–water partition coefficient (Wildman–Crippen LogP) is 4.60. The van der Waals surface area contributed by atoms with Gasteiger partial charge in [-0.25, -0.2) is 13.5 Å². The third-order valence-electron chi connectivity index (χ3n) is 3.89. The molecule has 1 aromatic rings. The molecule has 0 aromatic carbocycles. The second kappa shape index (κ2) is 10.4. The van der Waals surface area contributed by atoms with Crippen molar-refractivity contribution >= 4 is 29.0 Å². The molecule has 0 spiro atoms. The van der Waals surface area contributed by atoms with Crippen molar-refractivity contribution in [2.75, 3.05) is 11.5 Å². The Morgan fingerprint density at radius 2 is 2.27 bits per heavy atom. The van der Waals surface area contributed by atoms with E-state index in [1.54, 1.807) is 26.1 Å². The van der Waals surface area contributed by atoms with Crippen LogP contribution in [0.15, 0.2) is 53.8 Å². The van der Waals surface area contributed by atoms with Crippen LogP contribution in [0.2, 0.25) is 0 Å². The minimum atomic E-state index is -0.565. The number of thioether (sulfide) groups is 1. The molecule has 4 nitrogen and oxygen atoms in total. The Hall–Kier alpha value is -1.80. The molecule has 0 aliphatic carbocycles. The van der Waals surface area contributed by atoms with Crippen molar-refractivity contribution in [3.8, 4) is 0 Å². The van der Waals surface area contributed by atoms with Crippen molar-refractivity contribution in [2.45, 2.75) is 32.9 Å². The van der Waals surface area contributed by atoms with E-state index < -0.39 is 6.04 Å². The average Bonchev–Trinajstić information content (AvgIpc) is 3.12. The number of halogens is 2. The van der Waals surface area contributed by atoms with Gasteiger partial charge in [-0.15, -0.1) is 5.10 Å². The van der Waals surface area contributed by atoms with Gasteiger partial charge in [0.2, 0.25) is 0 Å². The van der Waals surface area contributed by atoms with E-state index in [4.69, 9.17) is 12.2 Å². The van der Waals surface area contributed by atoms with E-state index >= 15 is 0 Å². The first-order valence-electron chi connectivity index (χ1n) is 8.25. The second-order valence-electron chi connectivity index (χ2n) is 5.79. The number of nitrogens with one attached hydrogen (secondary N) is 1. The summed E-state index contributed by atoms with van der Waals surface area (Å²) in [6, 6.07) is -0.565. The van der Waals surface area contributed by atoms with E-state index in [-0.39, 0.29) is 5.83 Å². The standard InChI is InChI=1S/C18H22F2N4S2/c1-13(15-6-9-26-10-7-15)18(20)4-3-17(5-8-19)24-12-16(22-23-24)11-21-14(2)25/h3-6,8,12,17H,7,9-11H2,1-2H3,(H,21,25)/b4-3?,8-5+,18-13-. The number of thiocarbonyl (C=S) groups is 1. The lowest BCUT2D eigenvalue weighted by Crippen LogP contribution is -2.17. The third kappa shape index (κ3) is 6.17. The highest BCUT2D eigenvalue weighted by atomic mass is 32.2. The van der Waals surface area contributed by atoms with Gasteiger partial charge in [-0.2, -0.15) is 11.8 Å². The summed E-state index contributed by atoms with van der Waals surface area (Å²) < 4.78 is 28.7. The van der Waals surface area contributed by atoms with Gasteiger partial charge in [-0.1, -0.05) is 29.6 Å². The van der Waals surface area contributed by atoms with Crippen LogP contribution in [-0.2, 0) is 6.54 Å². The highest BCUT2D eigenvalue weighted by Gasteiger charge is 2.11. The van der Waals surface area contributed by atoms with Crippen molar-refractivity contribution in [1.82, 2.24) is 20.3 Å². The minimum absolute atomic E-state index is 0.321. The summed E-state index contributed by atoms with van der Waals surface area (Å²) in [4.78, 5) is 0.651. The Kier molecular flexibility index (Phi) is 8.18. The second-order valence-corrected chi connectivity index (χ2v) is 7.56. The van der Waals surface area contributed by atoms with Gasteiger partial charge in [0.15, 0.2) is 0 Å². The maximum absolute atomic E-state index is 14.5. The number of rotatable bonds is 7. The molecule has 1 aliphatic heterocycles. The quantitative estimate of drug-likeness (QED) is 0.539. The van der Waals surface area contributed by atoms with Crippen LogP contribution in [0.1, 0.15) is 32.0 Å². The van der Waals surface area contributed by atoms with Gasteiger partial charge in [0.05, 0.1) is 30.1 Å². The number of hydrogen-bond donors (Lipinski definition) is 1. The first-order valence-corrected chi connectivity index (χ1v) is 9.81. The van der Waals surface area contributed by atoms with Gasteiger partial charge in [0, 0.05) is 5.75 Å². The molecule has 0 saturated carbocycles. The normalized spacial score (nSPS) is 17.3. The lowest BCUT2D eigenvalue weighted by atomic mass is 10.0. The van der Waals surface area contributed by atoms with E-state index in [2.05, 4.69) is 21.7 Å². The summed E-state index contributed by atoms with van der Waals surface area (Å²) >= 11 is 6.79. The maximum Gasteiger partial charge on any atom is 0.126 e. The van der Waals surface area contributed by atoms with Gasteiger partial charge in [-0.05, 0) is 49.3 Å². The highest BCUT2D eigenvalue weighted by molar-refractivity contribution is 7.99. The van der Waals surface area contributed by atoms with Crippen molar-refractivity contribution in [3.05, 3.63) is 59.5 Å². The fourth-order valence-electron chi connectivity index (χ4n) is 2.40. The number of nitrogens with zero attached hydrogens (tertiary/aromatic N) is 3. The van der Waals surface area contributed by atoms with Crippen LogP contribution in [-0.4, -0.2) is 31.5 Å². The van der Waals surface area contributed by atoms with Crippen LogP contribution >= 0.6 is 24.0 Å². The van der Waals surface area contributed by atoms with E-state index in [0.717, 1.165) is 23.5 Å². The Balaban J connectivity index is 2.13. The highest BCUT2D eigenvalue weighted by Crippen LogP contribution is 2.26. The van der Waals surface area contributed by atoms with Crippen LogP contribution in [0.25, 0.3) is 0 Å². The molecule has 0 amide bonds. The van der Waals surface area contributed by atoms with E-state index in [9.17, 15) is 8.78 Å². The zero-order valence-electron chi connectivity index (χ0n) is 14.8. The summed E-state index contributed by atoms with van der Waals surface area (Å²) in [5, 5.41) is 11.0. The Bertz CT molecular complexity index is 750. The summed E-state index contributed by atoms with van der Waals surface area (Å²) in [5.41, 5.74) is 2.33. The SMILES string of the molecule is CC(=S)NCc1cn(C(C=C/C(F)=C(\C)C2=CCSCC2)/C=C/F)nn1. The van der Waals surface area contributed by atoms with Crippen LogP contribution in [0, 0.1) is 0 Å². The lowest BCUT2D eigenvalue weighted by molar-refractivity contribution is 0.583. The summed E-state index contributed by atoms with van der Waals surface area (Å²) in [6.07, 6.45) is 9.23. The van der Waals surface area contributed by atoms with Crippen molar-refractivity contribution in [1.29, 1.82) is 0 Å². The topological polar surface area (TPSA) is 42.7 Å². The molecule has 0 fully saturated rings. The molecular weight excluding hydrogens is 374 g/mol. The fourth-order valence-corrected chi connectivity index (χ4v) is 3.32. The van der Waals surface area contributed by atoms with Gasteiger partial charge in [0.25, 0.3) is 0 Å². The molecular formula is C18H22F2N4S2. The zero-order valence-corrected chi connectivity index (χ0v) is 16.4. The van der Waals surface area contributed by atoms with Crippen LogP contribution < -0.4 is 5.32 Å². The van der Waals surface area contributed by atoms with Crippen LogP contribution in [0.4, 0.5) is 8.78 Å². The minimum Gasteiger partial charge on any atom is -0.374 e. The predicted molar refractivity (Wildman–Crippen MR) is 107 cm³/mol. The molecule has 8 heteroatoms. The smallest absolute Gasteiger partial charge is 0.126 e. The summed E-state index contributed by atoms with van der Waals surface area (Å²) in [7, 11) is 0. The molecule has 1 unspecified atom stereocenters. The van der Waals surface area contributed by atoms with Gasteiger partial charge >= 0.3 is 0 Å². The molecule has 2 heterocycles. The van der Waals surface area contributed by atoms with Crippen molar-refractivity contribution in [3.63, 3.8) is 0 Å². The van der Waals surface area contributed by atoms with Gasteiger partial charge in [-0.3, -0.25) is 0 Å². The maximum atomic E-state index is 14.5. The molecule has 0 bridgehead atoms. The Morgan fingerprint density at radius 3 is 2.92 bits per heavy atom. The van der Waals surface area contributed by atoms with Crippen LogP contribution in [0.5, 0.6) is 0 Å². The monoisotopic (exact) mass is 396 g/mol. The van der Waals surface area contributed by atoms with E-state index in [1.807, 2.05) is 11.8 Å². The Labute approximate surface area is 162 Å². The molecule has 1 aliphatic rings. The van der Waals surface area contributed by atoms with Crippen molar-refractivity contribution in [2.24, 2.45) is 0 Å². The summed E-state index contributed by atoms with van der Waals surface area (Å²) in [5.74, 6) is 1.59. The first kappa shape index (κ1) is 20.5. The largest absolute Gasteiger partial charge is 0.374 e. The fraction of sp³-hybridized carbons (Fsp3) is 0.389. The lowest BCUT2D eigenvalue weighted by Gasteiger charge is -2.13. The Morgan fingerprint density at radius 1 is 1.46 bits per heavy atom. The number of aromatic nitrogens is 3. The molecule has 1 N–H and O–H groups in total. The van der Waals surface area contributed by atoms with E-state index in [0.29, 0.717) is 29.1 Å². The molecule has 2 rings (SSSR count).